The van der Waals surface area contributed by atoms with E-state index in [1.807, 2.05) is 13.8 Å². The minimum absolute atomic E-state index is 0.113. The SMILES string of the molecule is CC(C)C(NCCN1CCOCC1)C(=O)O. The molecular weight excluding hydrogens is 208 g/mol. The number of ether oxygens (including phenoxy) is 1. The molecule has 0 aromatic carbocycles. The molecule has 2 N–H and O–H groups in total. The smallest absolute Gasteiger partial charge is 0.320 e. The zero-order chi connectivity index (χ0) is 12.0. The topological polar surface area (TPSA) is 61.8 Å². The highest BCUT2D eigenvalue weighted by Crippen LogP contribution is 2.01. The standard InChI is InChI=1S/C11H22N2O3/c1-9(2)10(11(14)15)12-3-4-13-5-7-16-8-6-13/h9-10,12H,3-8H2,1-2H3,(H,14,15). The molecule has 94 valence electrons. The first kappa shape index (κ1) is 13.4. The van der Waals surface area contributed by atoms with Crippen molar-refractivity contribution < 1.29 is 14.6 Å². The number of aliphatic carboxylic acids is 1. The van der Waals surface area contributed by atoms with Crippen LogP contribution >= 0.6 is 0 Å². The summed E-state index contributed by atoms with van der Waals surface area (Å²) in [5, 5.41) is 12.1. The summed E-state index contributed by atoms with van der Waals surface area (Å²) in [5.41, 5.74) is 0. The number of carboxylic acids is 1. The van der Waals surface area contributed by atoms with Crippen molar-refractivity contribution in [1.29, 1.82) is 0 Å². The van der Waals surface area contributed by atoms with Gasteiger partial charge in [-0.2, -0.15) is 0 Å². The van der Waals surface area contributed by atoms with Gasteiger partial charge in [-0.3, -0.25) is 9.69 Å². The highest BCUT2D eigenvalue weighted by atomic mass is 16.5. The molecule has 16 heavy (non-hydrogen) atoms. The number of hydrogen-bond acceptors (Lipinski definition) is 4. The van der Waals surface area contributed by atoms with Crippen LogP contribution in [0, 0.1) is 5.92 Å². The number of carboxylic acid groups (broad SMARTS) is 1. The zero-order valence-corrected chi connectivity index (χ0v) is 10.1. The van der Waals surface area contributed by atoms with Crippen LogP contribution in [0.15, 0.2) is 0 Å². The Morgan fingerprint density at radius 2 is 2.06 bits per heavy atom. The van der Waals surface area contributed by atoms with E-state index in [0.717, 1.165) is 39.4 Å². The van der Waals surface area contributed by atoms with Gasteiger partial charge in [0, 0.05) is 26.2 Å². The predicted octanol–water partition coefficient (Wildman–Crippen LogP) is 0.0174. The van der Waals surface area contributed by atoms with Crippen molar-refractivity contribution >= 4 is 5.97 Å². The summed E-state index contributed by atoms with van der Waals surface area (Å²) in [6, 6.07) is -0.443. The molecule has 1 aliphatic heterocycles. The van der Waals surface area contributed by atoms with Crippen LogP contribution in [0.5, 0.6) is 0 Å². The van der Waals surface area contributed by atoms with Crippen molar-refractivity contribution in [2.45, 2.75) is 19.9 Å². The Balaban J connectivity index is 2.19. The third kappa shape index (κ3) is 4.47. The van der Waals surface area contributed by atoms with E-state index in [2.05, 4.69) is 10.2 Å². The molecule has 0 aromatic heterocycles. The molecule has 0 spiro atoms. The van der Waals surface area contributed by atoms with Crippen LogP contribution in [0.3, 0.4) is 0 Å². The Morgan fingerprint density at radius 1 is 1.44 bits per heavy atom. The minimum Gasteiger partial charge on any atom is -0.480 e. The van der Waals surface area contributed by atoms with E-state index in [4.69, 9.17) is 9.84 Å². The second-order valence-electron chi connectivity index (χ2n) is 4.47. The van der Waals surface area contributed by atoms with Crippen LogP contribution in [0.25, 0.3) is 0 Å². The van der Waals surface area contributed by atoms with Crippen LogP contribution in [-0.4, -0.2) is 61.4 Å². The van der Waals surface area contributed by atoms with Crippen LogP contribution in [0.4, 0.5) is 0 Å². The second kappa shape index (κ2) is 6.83. The Morgan fingerprint density at radius 3 is 2.56 bits per heavy atom. The Hall–Kier alpha value is -0.650. The van der Waals surface area contributed by atoms with E-state index in [1.165, 1.54) is 0 Å². The van der Waals surface area contributed by atoms with Crippen molar-refractivity contribution in [2.24, 2.45) is 5.92 Å². The third-order valence-electron chi connectivity index (χ3n) is 2.83. The highest BCUT2D eigenvalue weighted by Gasteiger charge is 2.20. The molecule has 0 radical (unpaired) electrons. The molecule has 5 nitrogen and oxygen atoms in total. The lowest BCUT2D eigenvalue weighted by Gasteiger charge is -2.27. The average molecular weight is 230 g/mol. The Kier molecular flexibility index (Phi) is 5.73. The van der Waals surface area contributed by atoms with E-state index < -0.39 is 12.0 Å². The monoisotopic (exact) mass is 230 g/mol. The molecule has 1 heterocycles. The van der Waals surface area contributed by atoms with E-state index in [9.17, 15) is 4.79 Å². The predicted molar refractivity (Wildman–Crippen MR) is 61.5 cm³/mol. The number of carbonyl (C=O) groups is 1. The molecule has 1 fully saturated rings. The highest BCUT2D eigenvalue weighted by molar-refractivity contribution is 5.73. The summed E-state index contributed by atoms with van der Waals surface area (Å²) in [6.07, 6.45) is 0. The summed E-state index contributed by atoms with van der Waals surface area (Å²) >= 11 is 0. The molecule has 0 bridgehead atoms. The quantitative estimate of drug-likeness (QED) is 0.673. The van der Waals surface area contributed by atoms with Gasteiger partial charge in [0.15, 0.2) is 0 Å². The maximum Gasteiger partial charge on any atom is 0.320 e. The van der Waals surface area contributed by atoms with Gasteiger partial charge in [-0.1, -0.05) is 13.8 Å². The van der Waals surface area contributed by atoms with Crippen LogP contribution in [-0.2, 0) is 9.53 Å². The normalized spacial score (nSPS) is 19.9. The van der Waals surface area contributed by atoms with Crippen molar-refractivity contribution in [3.8, 4) is 0 Å². The number of rotatable bonds is 6. The molecule has 1 unspecified atom stereocenters. The Bertz CT molecular complexity index is 215. The van der Waals surface area contributed by atoms with E-state index in [0.29, 0.717) is 0 Å². The lowest BCUT2D eigenvalue weighted by atomic mass is 10.1. The molecule has 0 saturated carbocycles. The molecule has 0 amide bonds. The lowest BCUT2D eigenvalue weighted by molar-refractivity contribution is -0.140. The first-order valence-electron chi connectivity index (χ1n) is 5.87. The average Bonchev–Trinajstić information content (AvgIpc) is 2.24. The van der Waals surface area contributed by atoms with Crippen LogP contribution in [0.2, 0.25) is 0 Å². The summed E-state index contributed by atoms with van der Waals surface area (Å²) in [7, 11) is 0. The van der Waals surface area contributed by atoms with Crippen LogP contribution in [0.1, 0.15) is 13.8 Å². The first-order chi connectivity index (χ1) is 7.61. The van der Waals surface area contributed by atoms with Gasteiger partial charge < -0.3 is 15.2 Å². The summed E-state index contributed by atoms with van der Waals surface area (Å²) in [6.45, 7) is 8.90. The molecular formula is C11H22N2O3. The fraction of sp³-hybridized carbons (Fsp3) is 0.909. The van der Waals surface area contributed by atoms with Crippen molar-refractivity contribution in [3.63, 3.8) is 0 Å². The summed E-state index contributed by atoms with van der Waals surface area (Å²) < 4.78 is 5.25. The zero-order valence-electron chi connectivity index (χ0n) is 10.1. The molecule has 1 aliphatic rings. The van der Waals surface area contributed by atoms with Crippen molar-refractivity contribution in [3.05, 3.63) is 0 Å². The van der Waals surface area contributed by atoms with E-state index in [-0.39, 0.29) is 5.92 Å². The number of hydrogen-bond donors (Lipinski definition) is 2. The second-order valence-corrected chi connectivity index (χ2v) is 4.47. The van der Waals surface area contributed by atoms with Gasteiger partial charge in [0.25, 0.3) is 0 Å². The van der Waals surface area contributed by atoms with E-state index in [1.54, 1.807) is 0 Å². The van der Waals surface area contributed by atoms with Crippen molar-refractivity contribution in [2.75, 3.05) is 39.4 Å². The van der Waals surface area contributed by atoms with Gasteiger partial charge in [0.2, 0.25) is 0 Å². The van der Waals surface area contributed by atoms with Gasteiger partial charge in [-0.05, 0) is 5.92 Å². The molecule has 1 atom stereocenters. The molecule has 0 aliphatic carbocycles. The fourth-order valence-corrected chi connectivity index (χ4v) is 1.81. The lowest BCUT2D eigenvalue weighted by Crippen LogP contribution is -2.46. The van der Waals surface area contributed by atoms with Gasteiger partial charge >= 0.3 is 5.97 Å². The summed E-state index contributed by atoms with van der Waals surface area (Å²) in [4.78, 5) is 13.2. The van der Waals surface area contributed by atoms with E-state index >= 15 is 0 Å². The molecule has 0 aromatic rings. The van der Waals surface area contributed by atoms with Crippen molar-refractivity contribution in [1.82, 2.24) is 10.2 Å². The Labute approximate surface area is 96.8 Å². The maximum atomic E-state index is 10.9. The third-order valence-corrected chi connectivity index (χ3v) is 2.83. The number of morpholine rings is 1. The van der Waals surface area contributed by atoms with Gasteiger partial charge in [0.1, 0.15) is 6.04 Å². The molecule has 1 saturated heterocycles. The van der Waals surface area contributed by atoms with Gasteiger partial charge in [0.05, 0.1) is 13.2 Å². The largest absolute Gasteiger partial charge is 0.480 e. The minimum atomic E-state index is -0.767. The molecule has 5 heteroatoms. The maximum absolute atomic E-state index is 10.9. The molecule has 1 rings (SSSR count). The fourth-order valence-electron chi connectivity index (χ4n) is 1.81. The van der Waals surface area contributed by atoms with Gasteiger partial charge in [-0.25, -0.2) is 0 Å². The van der Waals surface area contributed by atoms with Crippen LogP contribution < -0.4 is 5.32 Å². The number of nitrogens with zero attached hydrogens (tertiary/aromatic N) is 1. The van der Waals surface area contributed by atoms with Gasteiger partial charge in [-0.15, -0.1) is 0 Å². The summed E-state index contributed by atoms with van der Waals surface area (Å²) in [5.74, 6) is -0.654. The number of nitrogens with one attached hydrogen (secondary N) is 1. The first-order valence-corrected chi connectivity index (χ1v) is 5.87.